The van der Waals surface area contributed by atoms with Gasteiger partial charge in [-0.05, 0) is 17.2 Å². The summed E-state index contributed by atoms with van der Waals surface area (Å²) in [5.41, 5.74) is 0. The fourth-order valence-electron chi connectivity index (χ4n) is 1.78. The summed E-state index contributed by atoms with van der Waals surface area (Å²) in [6, 6.07) is 0. The zero-order valence-corrected chi connectivity index (χ0v) is 12.3. The Morgan fingerprint density at radius 1 is 1.11 bits per heavy atom. The van der Waals surface area contributed by atoms with Gasteiger partial charge in [-0.25, -0.2) is 10.9 Å². The summed E-state index contributed by atoms with van der Waals surface area (Å²) in [5.74, 6) is -2.75. The molecule has 3 unspecified atom stereocenters. The number of carboxylic acids is 2. The van der Waals surface area contributed by atoms with E-state index in [1.165, 1.54) is 0 Å². The van der Waals surface area contributed by atoms with Crippen LogP contribution in [0.15, 0.2) is 23.0 Å². The Kier molecular flexibility index (Phi) is 7.36. The summed E-state index contributed by atoms with van der Waals surface area (Å²) in [6.07, 6.45) is 4.21. The first kappa shape index (κ1) is 17.3. The van der Waals surface area contributed by atoms with Crippen LogP contribution in [0.2, 0.25) is 0 Å². The third-order valence-electron chi connectivity index (χ3n) is 2.99. The minimum absolute atomic E-state index is 0. The van der Waals surface area contributed by atoms with E-state index in [0.29, 0.717) is 6.42 Å². The largest absolute Gasteiger partial charge is 0.481 e. The van der Waals surface area contributed by atoms with Crippen LogP contribution in [-0.4, -0.2) is 27.4 Å². The van der Waals surface area contributed by atoms with Gasteiger partial charge in [0.1, 0.15) is 0 Å². The van der Waals surface area contributed by atoms with Crippen LogP contribution in [0.4, 0.5) is 0 Å². The zero-order valence-electron chi connectivity index (χ0n) is 10.3. The van der Waals surface area contributed by atoms with E-state index in [1.54, 1.807) is 13.8 Å². The van der Waals surface area contributed by atoms with Crippen molar-refractivity contribution < 1.29 is 36.9 Å². The molecule has 18 heavy (non-hydrogen) atoms. The van der Waals surface area contributed by atoms with Gasteiger partial charge < -0.3 is 10.2 Å². The van der Waals surface area contributed by atoms with Crippen molar-refractivity contribution in [3.05, 3.63) is 23.0 Å². The third-order valence-corrected chi connectivity index (χ3v) is 5.45. The van der Waals surface area contributed by atoms with Crippen molar-refractivity contribution >= 4 is 22.8 Å². The molecule has 0 amide bonds. The fourth-order valence-corrected chi connectivity index (χ4v) is 4.12. The van der Waals surface area contributed by atoms with Gasteiger partial charge in [-0.2, -0.15) is 0 Å². The molecule has 0 aliphatic carbocycles. The first-order chi connectivity index (χ1) is 7.93. The number of hydrogen-bond donors (Lipinski definition) is 3. The molecule has 0 bridgehead atoms. The van der Waals surface area contributed by atoms with Crippen LogP contribution in [0.5, 0.6) is 0 Å². The summed E-state index contributed by atoms with van der Waals surface area (Å²) < 4.78 is 0. The van der Waals surface area contributed by atoms with Gasteiger partial charge in [-0.15, -0.1) is 0 Å². The van der Waals surface area contributed by atoms with Crippen molar-refractivity contribution in [3.63, 3.8) is 0 Å². The number of aliphatic carboxylic acids is 2. The van der Waals surface area contributed by atoms with Crippen LogP contribution in [0.3, 0.4) is 0 Å². The summed E-state index contributed by atoms with van der Waals surface area (Å²) in [7, 11) is -0.643. The summed E-state index contributed by atoms with van der Waals surface area (Å²) in [5, 5.41) is 21.9. The van der Waals surface area contributed by atoms with E-state index in [2.05, 4.69) is 0 Å². The first-order valence-electron chi connectivity index (χ1n) is 5.51. The Morgan fingerprint density at radius 2 is 1.61 bits per heavy atom. The Morgan fingerprint density at radius 3 is 2.00 bits per heavy atom. The molecule has 0 fully saturated rings. The number of thiol groups is 1. The molecule has 6 heteroatoms. The molecule has 1 heterocycles. The maximum absolute atomic E-state index is 11.1. The molecule has 104 valence electrons. The predicted molar refractivity (Wildman–Crippen MR) is 69.3 cm³/mol. The molecule has 3 atom stereocenters. The number of hydrogen-bond acceptors (Lipinski definition) is 2. The van der Waals surface area contributed by atoms with E-state index in [0.717, 1.165) is 0 Å². The maximum Gasteiger partial charge on any atom is 0.307 e. The van der Waals surface area contributed by atoms with Crippen molar-refractivity contribution in [2.75, 3.05) is 0 Å². The van der Waals surface area contributed by atoms with Gasteiger partial charge in [-0.3, -0.25) is 9.59 Å². The van der Waals surface area contributed by atoms with Crippen LogP contribution in [0.1, 0.15) is 20.3 Å². The zero-order chi connectivity index (χ0) is 13.0. The molecule has 0 aromatic heterocycles. The molecule has 0 saturated heterocycles. The molecule has 0 saturated carbocycles. The van der Waals surface area contributed by atoms with Gasteiger partial charge in [0, 0.05) is 22.3 Å². The topological polar surface area (TPSA) is 74.6 Å². The fraction of sp³-hybridized carbons (Fsp3) is 0.500. The molecule has 0 aromatic carbocycles. The second-order valence-corrected chi connectivity index (χ2v) is 6.45. The normalized spacial score (nSPS) is 20.0. The molecule has 0 radical (unpaired) electrons. The SMILES string of the molecule is CC(CC(C(C)C(=O)O)[SH]1C=CC=C1)C(=O)O.[Fe]. The molecular weight excluding hydrogens is 296 g/mol. The second kappa shape index (κ2) is 7.66. The Labute approximate surface area is 120 Å². The Bertz CT molecular complexity index is 355. The van der Waals surface area contributed by atoms with Crippen LogP contribution >= 0.6 is 10.9 Å². The van der Waals surface area contributed by atoms with Crippen LogP contribution < -0.4 is 0 Å². The molecule has 4 nitrogen and oxygen atoms in total. The number of carbonyl (C=O) groups is 2. The average Bonchev–Trinajstić information content (AvgIpc) is 2.77. The van der Waals surface area contributed by atoms with Crippen molar-refractivity contribution in [1.82, 2.24) is 0 Å². The Balaban J connectivity index is 0.00000289. The first-order valence-corrected chi connectivity index (χ1v) is 7.06. The minimum Gasteiger partial charge on any atom is -0.481 e. The summed E-state index contributed by atoms with van der Waals surface area (Å²) in [6.45, 7) is 3.28. The molecule has 0 spiro atoms. The van der Waals surface area contributed by atoms with Crippen LogP contribution in [-0.2, 0) is 26.7 Å². The van der Waals surface area contributed by atoms with Crippen molar-refractivity contribution in [3.8, 4) is 0 Å². The standard InChI is InChI=1S/C12H18O4S.Fe/c1-8(11(13)14)7-10(9(2)12(15)16)17-5-3-4-6-17;/h3-6,8-10,17H,7H2,1-2H3,(H,13,14)(H,15,16);. The van der Waals surface area contributed by atoms with Crippen molar-refractivity contribution in [2.45, 2.75) is 25.5 Å². The maximum atomic E-state index is 11.1. The quantitative estimate of drug-likeness (QED) is 0.519. The number of carboxylic acid groups (broad SMARTS) is 2. The van der Waals surface area contributed by atoms with E-state index in [1.807, 2.05) is 23.0 Å². The minimum atomic E-state index is -0.866. The predicted octanol–water partition coefficient (Wildman–Crippen LogP) is 2.23. The van der Waals surface area contributed by atoms with Gasteiger partial charge in [0.05, 0.1) is 11.8 Å². The van der Waals surface area contributed by atoms with Gasteiger partial charge in [0.15, 0.2) is 0 Å². The molecule has 2 N–H and O–H groups in total. The Hall–Kier alpha value is -0.711. The molecular formula is C12H18FeO4S. The van der Waals surface area contributed by atoms with Crippen LogP contribution in [0.25, 0.3) is 0 Å². The van der Waals surface area contributed by atoms with Crippen molar-refractivity contribution in [2.24, 2.45) is 11.8 Å². The number of allylic oxidation sites excluding steroid dienone is 2. The van der Waals surface area contributed by atoms with E-state index < -0.39 is 34.7 Å². The van der Waals surface area contributed by atoms with Crippen molar-refractivity contribution in [1.29, 1.82) is 0 Å². The monoisotopic (exact) mass is 314 g/mol. The molecule has 1 rings (SSSR count). The van der Waals surface area contributed by atoms with Gasteiger partial charge in [-0.1, -0.05) is 26.0 Å². The van der Waals surface area contributed by atoms with Gasteiger partial charge in [0.2, 0.25) is 0 Å². The summed E-state index contributed by atoms with van der Waals surface area (Å²) >= 11 is 0. The molecule has 1 aliphatic heterocycles. The third kappa shape index (κ3) is 4.52. The van der Waals surface area contributed by atoms with E-state index in [4.69, 9.17) is 10.2 Å². The molecule has 1 aliphatic rings. The number of rotatable bonds is 6. The van der Waals surface area contributed by atoms with Crippen LogP contribution in [0, 0.1) is 11.8 Å². The van der Waals surface area contributed by atoms with Gasteiger partial charge in [0.25, 0.3) is 0 Å². The summed E-state index contributed by atoms with van der Waals surface area (Å²) in [4.78, 5) is 21.9. The molecule has 0 aromatic rings. The smallest absolute Gasteiger partial charge is 0.307 e. The second-order valence-electron chi connectivity index (χ2n) is 4.30. The van der Waals surface area contributed by atoms with Gasteiger partial charge >= 0.3 is 11.9 Å². The average molecular weight is 314 g/mol. The van der Waals surface area contributed by atoms with E-state index in [-0.39, 0.29) is 22.3 Å². The van der Waals surface area contributed by atoms with E-state index in [9.17, 15) is 9.59 Å². The van der Waals surface area contributed by atoms with E-state index >= 15 is 0 Å².